The molecule has 0 aromatic carbocycles. The van der Waals surface area contributed by atoms with Gasteiger partial charge < -0.3 is 20.1 Å². The molecule has 1 saturated heterocycles. The maximum absolute atomic E-state index is 13.4. The molecule has 2 N–H and O–H groups in total. The lowest BCUT2D eigenvalue weighted by Crippen LogP contribution is -2.54. The lowest BCUT2D eigenvalue weighted by Gasteiger charge is -2.40. The van der Waals surface area contributed by atoms with Crippen LogP contribution in [-0.4, -0.2) is 61.4 Å². The molecule has 10 nitrogen and oxygen atoms in total. The molecule has 0 unspecified atom stereocenters. The van der Waals surface area contributed by atoms with E-state index < -0.39 is 34.5 Å². The van der Waals surface area contributed by atoms with Crippen LogP contribution in [0.2, 0.25) is 0 Å². The van der Waals surface area contributed by atoms with E-state index in [1.165, 1.54) is 12.4 Å². The van der Waals surface area contributed by atoms with Crippen molar-refractivity contribution >= 4 is 17.2 Å². The van der Waals surface area contributed by atoms with E-state index in [-0.39, 0.29) is 6.61 Å². The monoisotopic (exact) mass is 593 g/mol. The third-order valence-electron chi connectivity index (χ3n) is 7.29. The molecule has 4 aromatic heterocycles. The molecule has 13 heteroatoms. The molecule has 0 saturated carbocycles. The van der Waals surface area contributed by atoms with E-state index in [1.807, 2.05) is 24.0 Å². The van der Waals surface area contributed by atoms with E-state index in [0.29, 0.717) is 54.1 Å². The van der Waals surface area contributed by atoms with Gasteiger partial charge in [0.1, 0.15) is 29.9 Å². The number of nitrogens with one attached hydrogen (secondary N) is 1. The molecule has 1 aliphatic heterocycles. The number of halogens is 3. The van der Waals surface area contributed by atoms with E-state index >= 15 is 0 Å². The molecular formula is C30H30F3N7O3. The van der Waals surface area contributed by atoms with Crippen molar-refractivity contribution in [3.05, 3.63) is 71.9 Å². The van der Waals surface area contributed by atoms with Gasteiger partial charge >= 0.3 is 6.18 Å². The van der Waals surface area contributed by atoms with Crippen LogP contribution in [0.5, 0.6) is 5.75 Å². The number of rotatable bonds is 7. The topological polar surface area (TPSA) is 129 Å². The molecule has 4 aromatic rings. The highest BCUT2D eigenvalue weighted by atomic mass is 19.4. The SMILES string of the molecule is CC(C)(O)COc1cc(-c2ccc(N3CCC(C)(NC(=O)c4ncccc4C(F)(F)F)CC3)nc2)c2c(C#N)cnn2c1. The third-order valence-corrected chi connectivity index (χ3v) is 7.29. The number of nitrogens with zero attached hydrogens (tertiary/aromatic N) is 6. The van der Waals surface area contributed by atoms with Gasteiger partial charge in [0.05, 0.1) is 34.6 Å². The summed E-state index contributed by atoms with van der Waals surface area (Å²) in [5.74, 6) is 0.301. The summed E-state index contributed by atoms with van der Waals surface area (Å²) in [6, 6.07) is 9.67. The maximum Gasteiger partial charge on any atom is 0.418 e. The minimum atomic E-state index is -4.69. The summed E-state index contributed by atoms with van der Waals surface area (Å²) in [6.45, 7) is 6.18. The minimum Gasteiger partial charge on any atom is -0.489 e. The number of fused-ring (bicyclic) bond motifs is 1. The largest absolute Gasteiger partial charge is 0.489 e. The van der Waals surface area contributed by atoms with Gasteiger partial charge in [0.25, 0.3) is 5.91 Å². The summed E-state index contributed by atoms with van der Waals surface area (Å²) in [6.07, 6.45) is 2.26. The highest BCUT2D eigenvalue weighted by molar-refractivity contribution is 5.94. The molecule has 224 valence electrons. The number of hydrogen-bond donors (Lipinski definition) is 2. The number of carbonyl (C=O) groups is 1. The van der Waals surface area contributed by atoms with Gasteiger partial charge in [0.15, 0.2) is 0 Å². The molecule has 5 rings (SSSR count). The second-order valence-corrected chi connectivity index (χ2v) is 11.5. The van der Waals surface area contributed by atoms with Crippen LogP contribution in [0.1, 0.15) is 55.2 Å². The Labute approximate surface area is 245 Å². The summed E-state index contributed by atoms with van der Waals surface area (Å²) in [5.41, 5.74) is -1.08. The van der Waals surface area contributed by atoms with E-state index in [2.05, 4.69) is 26.5 Å². The van der Waals surface area contributed by atoms with Crippen LogP contribution in [0.4, 0.5) is 19.0 Å². The van der Waals surface area contributed by atoms with Crippen molar-refractivity contribution in [3.63, 3.8) is 0 Å². The molecule has 0 atom stereocenters. The van der Waals surface area contributed by atoms with Gasteiger partial charge in [-0.2, -0.15) is 23.5 Å². The van der Waals surface area contributed by atoms with Crippen molar-refractivity contribution in [1.29, 1.82) is 5.26 Å². The van der Waals surface area contributed by atoms with E-state index in [1.54, 1.807) is 36.8 Å². The quantitative estimate of drug-likeness (QED) is 0.318. The summed E-state index contributed by atoms with van der Waals surface area (Å²) in [5, 5.41) is 26.7. The highest BCUT2D eigenvalue weighted by Gasteiger charge is 2.38. The Hall–Kier alpha value is -4.70. The van der Waals surface area contributed by atoms with Gasteiger partial charge in [0.2, 0.25) is 0 Å². The Bertz CT molecular complexity index is 1680. The zero-order valence-corrected chi connectivity index (χ0v) is 23.8. The van der Waals surface area contributed by atoms with Crippen molar-refractivity contribution in [2.45, 2.75) is 50.9 Å². The summed E-state index contributed by atoms with van der Waals surface area (Å²) < 4.78 is 47.5. The second-order valence-electron chi connectivity index (χ2n) is 11.5. The normalized spacial score (nSPS) is 15.3. The van der Waals surface area contributed by atoms with Gasteiger partial charge in [-0.05, 0) is 63.9 Å². The van der Waals surface area contributed by atoms with Gasteiger partial charge in [0, 0.05) is 42.1 Å². The van der Waals surface area contributed by atoms with Crippen molar-refractivity contribution in [1.82, 2.24) is 24.9 Å². The Morgan fingerprint density at radius 3 is 2.56 bits per heavy atom. The fraction of sp³-hybridized carbons (Fsp3) is 0.367. The minimum absolute atomic E-state index is 0.0567. The smallest absolute Gasteiger partial charge is 0.418 e. The average molecular weight is 594 g/mol. The number of ether oxygens (including phenoxy) is 1. The first-order valence-electron chi connectivity index (χ1n) is 13.6. The number of aliphatic hydroxyl groups is 1. The number of anilines is 1. The first kappa shape index (κ1) is 29.8. The van der Waals surface area contributed by atoms with Gasteiger partial charge in [-0.1, -0.05) is 0 Å². The van der Waals surface area contributed by atoms with Crippen LogP contribution in [0.15, 0.2) is 55.1 Å². The summed E-state index contributed by atoms with van der Waals surface area (Å²) in [7, 11) is 0. The number of amides is 1. The number of hydrogen-bond acceptors (Lipinski definition) is 8. The fourth-order valence-corrected chi connectivity index (χ4v) is 4.97. The number of nitriles is 1. The predicted molar refractivity (Wildman–Crippen MR) is 151 cm³/mol. The zero-order valence-electron chi connectivity index (χ0n) is 23.8. The Morgan fingerprint density at radius 2 is 1.93 bits per heavy atom. The van der Waals surface area contributed by atoms with Crippen LogP contribution >= 0.6 is 0 Å². The number of alkyl halides is 3. The lowest BCUT2D eigenvalue weighted by molar-refractivity contribution is -0.138. The second kappa shape index (κ2) is 11.2. The van der Waals surface area contributed by atoms with Crippen LogP contribution in [0, 0.1) is 11.3 Å². The number of aromatic nitrogens is 4. The Balaban J connectivity index is 1.31. The van der Waals surface area contributed by atoms with E-state index in [9.17, 15) is 28.3 Å². The number of piperidine rings is 1. The fourth-order valence-electron chi connectivity index (χ4n) is 4.97. The molecule has 43 heavy (non-hydrogen) atoms. The van der Waals surface area contributed by atoms with Gasteiger partial charge in [-0.3, -0.25) is 9.78 Å². The van der Waals surface area contributed by atoms with Crippen LogP contribution in [-0.2, 0) is 6.18 Å². The maximum atomic E-state index is 13.4. The average Bonchev–Trinajstić information content (AvgIpc) is 3.38. The van der Waals surface area contributed by atoms with Crippen LogP contribution in [0.3, 0.4) is 0 Å². The summed E-state index contributed by atoms with van der Waals surface area (Å²) in [4.78, 5) is 23.2. The molecule has 5 heterocycles. The molecule has 0 aliphatic carbocycles. The number of carbonyl (C=O) groups excluding carboxylic acids is 1. The van der Waals surface area contributed by atoms with Crippen molar-refractivity contribution < 1.29 is 27.8 Å². The van der Waals surface area contributed by atoms with Crippen LogP contribution < -0.4 is 15.0 Å². The Kier molecular flexibility index (Phi) is 7.74. The molecular weight excluding hydrogens is 563 g/mol. The highest BCUT2D eigenvalue weighted by Crippen LogP contribution is 2.34. The first-order valence-corrected chi connectivity index (χ1v) is 13.6. The standard InChI is InChI=1S/C30H30F3N7O3/c1-28(2,42)18-43-21-13-22(26-20(14-34)16-37-40(26)17-21)19-6-7-24(36-15-19)39-11-8-29(3,9-12-39)38-27(41)25-23(30(31,32)33)5-4-10-35-25/h4-7,10,13,15-17,42H,8-9,11-12,18H2,1-3H3,(H,38,41). The predicted octanol–water partition coefficient (Wildman–Crippen LogP) is 4.62. The third kappa shape index (κ3) is 6.54. The van der Waals surface area contributed by atoms with Gasteiger partial charge in [-0.15, -0.1) is 0 Å². The molecule has 0 spiro atoms. The van der Waals surface area contributed by atoms with Crippen molar-refractivity contribution in [2.75, 3.05) is 24.6 Å². The Morgan fingerprint density at radius 1 is 1.19 bits per heavy atom. The molecule has 0 radical (unpaired) electrons. The first-order chi connectivity index (χ1) is 20.3. The molecule has 1 amide bonds. The van der Waals surface area contributed by atoms with E-state index in [0.717, 1.165) is 17.7 Å². The molecule has 1 aliphatic rings. The van der Waals surface area contributed by atoms with Crippen LogP contribution in [0.25, 0.3) is 16.6 Å². The number of pyridine rings is 3. The van der Waals surface area contributed by atoms with Gasteiger partial charge in [-0.25, -0.2) is 9.50 Å². The molecule has 0 bridgehead atoms. The lowest BCUT2D eigenvalue weighted by atomic mass is 9.89. The van der Waals surface area contributed by atoms with Crippen molar-refractivity contribution in [3.8, 4) is 22.9 Å². The summed E-state index contributed by atoms with van der Waals surface area (Å²) >= 11 is 0. The molecule has 1 fully saturated rings. The van der Waals surface area contributed by atoms with E-state index in [4.69, 9.17) is 4.74 Å². The van der Waals surface area contributed by atoms with Crippen molar-refractivity contribution in [2.24, 2.45) is 0 Å². The zero-order chi connectivity index (χ0) is 31.0.